The minimum Gasteiger partial charge on any atom is -0.307 e. The highest BCUT2D eigenvalue weighted by atomic mass is 32.1. The Labute approximate surface area is 97.5 Å². The molecule has 16 heavy (non-hydrogen) atoms. The summed E-state index contributed by atoms with van der Waals surface area (Å²) in [4.78, 5) is 4.46. The Hall–Kier alpha value is -1.27. The fourth-order valence-electron chi connectivity index (χ4n) is 2.00. The van der Waals surface area contributed by atoms with Crippen molar-refractivity contribution in [2.24, 2.45) is 0 Å². The van der Waals surface area contributed by atoms with Crippen molar-refractivity contribution in [3.8, 4) is 11.5 Å². The third-order valence-electron chi connectivity index (χ3n) is 2.80. The van der Waals surface area contributed by atoms with Crippen LogP contribution in [0.15, 0.2) is 5.38 Å². The van der Waals surface area contributed by atoms with Crippen LogP contribution in [0.25, 0.3) is 11.5 Å². The molecule has 0 amide bonds. The monoisotopic (exact) mass is 235 g/mol. The molecule has 0 saturated carbocycles. The Bertz CT molecular complexity index is 515. The molecular formula is C10H13N5S. The fraction of sp³-hybridized carbons (Fsp3) is 0.500. The number of hydrogen-bond acceptors (Lipinski definition) is 5. The first-order chi connectivity index (χ1) is 7.75. The van der Waals surface area contributed by atoms with E-state index in [2.05, 4.69) is 32.0 Å². The third-order valence-corrected chi connectivity index (χ3v) is 3.57. The second-order valence-electron chi connectivity index (χ2n) is 3.96. The van der Waals surface area contributed by atoms with Crippen LogP contribution in [-0.2, 0) is 6.54 Å². The number of fused-ring (bicyclic) bond motifs is 1. The molecule has 0 aliphatic carbocycles. The molecule has 1 N–H and O–H groups in total. The molecule has 0 radical (unpaired) electrons. The van der Waals surface area contributed by atoms with E-state index in [1.807, 2.05) is 12.3 Å². The quantitative estimate of drug-likeness (QED) is 0.811. The minimum atomic E-state index is 0.273. The number of nitrogens with one attached hydrogen (secondary N) is 1. The zero-order chi connectivity index (χ0) is 11.1. The Balaban J connectivity index is 2.09. The van der Waals surface area contributed by atoms with E-state index in [0.717, 1.165) is 35.4 Å². The number of aromatic nitrogens is 4. The smallest absolute Gasteiger partial charge is 0.183 e. The summed E-state index contributed by atoms with van der Waals surface area (Å²) in [5.74, 6) is 1.90. The van der Waals surface area contributed by atoms with Crippen LogP contribution in [0.4, 0.5) is 0 Å². The second-order valence-corrected chi connectivity index (χ2v) is 5.02. The number of nitrogens with zero attached hydrogens (tertiary/aromatic N) is 4. The van der Waals surface area contributed by atoms with Crippen molar-refractivity contribution < 1.29 is 0 Å². The predicted molar refractivity (Wildman–Crippen MR) is 62.3 cm³/mol. The Morgan fingerprint density at radius 2 is 2.38 bits per heavy atom. The van der Waals surface area contributed by atoms with Crippen molar-refractivity contribution in [1.29, 1.82) is 0 Å². The van der Waals surface area contributed by atoms with Gasteiger partial charge in [-0.2, -0.15) is 0 Å². The van der Waals surface area contributed by atoms with Crippen LogP contribution in [-0.4, -0.2) is 26.3 Å². The van der Waals surface area contributed by atoms with E-state index in [0.29, 0.717) is 0 Å². The molecule has 6 heteroatoms. The number of rotatable bonds is 1. The summed E-state index contributed by atoms with van der Waals surface area (Å²) in [6.07, 6.45) is 0. The first kappa shape index (κ1) is 9.92. The van der Waals surface area contributed by atoms with Gasteiger partial charge in [-0.15, -0.1) is 21.5 Å². The standard InChI is InChI=1S/C10H13N5S/c1-6-9-13-14-10(15(9)4-3-11-6)8-5-16-7(2)12-8/h5-6,11H,3-4H2,1-2H3/t6-/m0/s1. The highest BCUT2D eigenvalue weighted by Gasteiger charge is 2.22. The van der Waals surface area contributed by atoms with Gasteiger partial charge in [-0.1, -0.05) is 0 Å². The molecule has 1 aliphatic rings. The molecule has 0 aromatic carbocycles. The Morgan fingerprint density at radius 3 is 3.12 bits per heavy atom. The van der Waals surface area contributed by atoms with Crippen LogP contribution in [0.5, 0.6) is 0 Å². The first-order valence-electron chi connectivity index (χ1n) is 5.34. The van der Waals surface area contributed by atoms with Crippen LogP contribution >= 0.6 is 11.3 Å². The SMILES string of the molecule is Cc1nc(-c2nnc3n2CCN[C@H]3C)cs1. The summed E-state index contributed by atoms with van der Waals surface area (Å²) in [6, 6.07) is 0.273. The first-order valence-corrected chi connectivity index (χ1v) is 6.22. The normalized spacial score (nSPS) is 19.8. The van der Waals surface area contributed by atoms with E-state index < -0.39 is 0 Å². The summed E-state index contributed by atoms with van der Waals surface area (Å²) in [6.45, 7) is 5.99. The highest BCUT2D eigenvalue weighted by molar-refractivity contribution is 7.09. The predicted octanol–water partition coefficient (Wildman–Crippen LogP) is 1.37. The zero-order valence-electron chi connectivity index (χ0n) is 9.27. The molecule has 84 valence electrons. The number of aryl methyl sites for hydroxylation is 1. The van der Waals surface area contributed by atoms with Gasteiger partial charge in [0, 0.05) is 18.5 Å². The highest BCUT2D eigenvalue weighted by Crippen LogP contribution is 2.24. The van der Waals surface area contributed by atoms with Gasteiger partial charge in [0.2, 0.25) is 0 Å². The lowest BCUT2D eigenvalue weighted by molar-refractivity contribution is 0.439. The molecule has 2 aromatic rings. The van der Waals surface area contributed by atoms with Gasteiger partial charge in [-0.05, 0) is 13.8 Å². The minimum absolute atomic E-state index is 0.273. The molecule has 0 bridgehead atoms. The van der Waals surface area contributed by atoms with E-state index in [1.54, 1.807) is 11.3 Å². The van der Waals surface area contributed by atoms with Crippen molar-refractivity contribution in [3.63, 3.8) is 0 Å². The van der Waals surface area contributed by atoms with Crippen molar-refractivity contribution in [2.45, 2.75) is 26.4 Å². The summed E-state index contributed by atoms with van der Waals surface area (Å²) >= 11 is 1.65. The maximum Gasteiger partial charge on any atom is 0.183 e. The maximum atomic E-state index is 4.46. The van der Waals surface area contributed by atoms with Crippen molar-refractivity contribution in [2.75, 3.05) is 6.54 Å². The van der Waals surface area contributed by atoms with Gasteiger partial charge >= 0.3 is 0 Å². The maximum absolute atomic E-state index is 4.46. The van der Waals surface area contributed by atoms with Gasteiger partial charge in [-0.25, -0.2) is 4.98 Å². The zero-order valence-corrected chi connectivity index (χ0v) is 10.1. The fourth-order valence-corrected chi connectivity index (χ4v) is 2.59. The van der Waals surface area contributed by atoms with Gasteiger partial charge in [0.05, 0.1) is 11.0 Å². The van der Waals surface area contributed by atoms with Gasteiger partial charge in [-0.3, -0.25) is 0 Å². The summed E-state index contributed by atoms with van der Waals surface area (Å²) in [5.41, 5.74) is 0.940. The molecule has 1 atom stereocenters. The lowest BCUT2D eigenvalue weighted by Gasteiger charge is -2.21. The molecule has 3 rings (SSSR count). The van der Waals surface area contributed by atoms with Crippen LogP contribution < -0.4 is 5.32 Å². The van der Waals surface area contributed by atoms with Gasteiger partial charge in [0.1, 0.15) is 11.5 Å². The van der Waals surface area contributed by atoms with E-state index in [9.17, 15) is 0 Å². The summed E-state index contributed by atoms with van der Waals surface area (Å²) < 4.78 is 2.16. The third kappa shape index (κ3) is 1.45. The average Bonchev–Trinajstić information content (AvgIpc) is 2.84. The second kappa shape index (κ2) is 3.64. The van der Waals surface area contributed by atoms with Gasteiger partial charge in [0.25, 0.3) is 0 Å². The van der Waals surface area contributed by atoms with Crippen LogP contribution in [0.2, 0.25) is 0 Å². The van der Waals surface area contributed by atoms with Gasteiger partial charge in [0.15, 0.2) is 5.82 Å². The molecule has 0 fully saturated rings. The van der Waals surface area contributed by atoms with Crippen LogP contribution in [0, 0.1) is 6.92 Å². The summed E-state index contributed by atoms with van der Waals surface area (Å²) in [7, 11) is 0. The largest absolute Gasteiger partial charge is 0.307 e. The average molecular weight is 235 g/mol. The Morgan fingerprint density at radius 1 is 1.50 bits per heavy atom. The van der Waals surface area contributed by atoms with E-state index in [4.69, 9.17) is 0 Å². The molecule has 2 aromatic heterocycles. The molecule has 0 unspecified atom stereocenters. The van der Waals surface area contributed by atoms with Crippen LogP contribution in [0.1, 0.15) is 23.8 Å². The number of hydrogen-bond donors (Lipinski definition) is 1. The Kier molecular flexibility index (Phi) is 2.26. The van der Waals surface area contributed by atoms with E-state index in [1.165, 1.54) is 0 Å². The van der Waals surface area contributed by atoms with Crippen molar-refractivity contribution in [3.05, 3.63) is 16.2 Å². The van der Waals surface area contributed by atoms with E-state index in [-0.39, 0.29) is 6.04 Å². The number of thiazole rings is 1. The van der Waals surface area contributed by atoms with Gasteiger partial charge < -0.3 is 9.88 Å². The molecule has 0 saturated heterocycles. The molecular weight excluding hydrogens is 222 g/mol. The lowest BCUT2D eigenvalue weighted by Crippen LogP contribution is -2.32. The lowest BCUT2D eigenvalue weighted by atomic mass is 10.2. The summed E-state index contributed by atoms with van der Waals surface area (Å²) in [5, 5.41) is 15.0. The topological polar surface area (TPSA) is 55.6 Å². The molecule has 5 nitrogen and oxygen atoms in total. The van der Waals surface area contributed by atoms with Crippen molar-refractivity contribution in [1.82, 2.24) is 25.1 Å². The van der Waals surface area contributed by atoms with Crippen molar-refractivity contribution >= 4 is 11.3 Å². The van der Waals surface area contributed by atoms with Crippen LogP contribution in [0.3, 0.4) is 0 Å². The molecule has 0 spiro atoms. The molecule has 1 aliphatic heterocycles. The van der Waals surface area contributed by atoms with E-state index >= 15 is 0 Å². The molecule has 3 heterocycles.